The Hall–Kier alpha value is -1.19. The fourth-order valence-electron chi connectivity index (χ4n) is 0.909. The van der Waals surface area contributed by atoms with Crippen molar-refractivity contribution in [2.45, 2.75) is 0 Å². The molecule has 80 valence electrons. The standard InChI is InChI=1S/C10H8Cl2O3/c1-15-8(14)5-3-6-2-4-7(13)10(12)9(6)11/h2-5,13H,1H3. The van der Waals surface area contributed by atoms with Crippen LogP contribution in [0.3, 0.4) is 0 Å². The van der Waals surface area contributed by atoms with Crippen LogP contribution in [0.25, 0.3) is 6.08 Å². The average Bonchev–Trinajstić information content (AvgIpc) is 2.24. The number of hydrogen-bond acceptors (Lipinski definition) is 3. The normalized spacial score (nSPS) is 10.6. The van der Waals surface area contributed by atoms with Crippen LogP contribution in [0.4, 0.5) is 0 Å². The maximum absolute atomic E-state index is 10.8. The van der Waals surface area contributed by atoms with Crippen LogP contribution in [0.1, 0.15) is 5.56 Å². The second-order valence-electron chi connectivity index (χ2n) is 2.66. The van der Waals surface area contributed by atoms with Crippen molar-refractivity contribution in [3.05, 3.63) is 33.8 Å². The highest BCUT2D eigenvalue weighted by molar-refractivity contribution is 6.43. The predicted octanol–water partition coefficient (Wildman–Crippen LogP) is 2.89. The predicted molar refractivity (Wildman–Crippen MR) is 59.2 cm³/mol. The lowest BCUT2D eigenvalue weighted by atomic mass is 10.2. The molecular formula is C10H8Cl2O3. The number of aromatic hydroxyl groups is 1. The molecule has 1 aromatic rings. The Labute approximate surface area is 96.9 Å². The highest BCUT2D eigenvalue weighted by Gasteiger charge is 2.07. The van der Waals surface area contributed by atoms with Gasteiger partial charge in [-0.25, -0.2) is 4.79 Å². The SMILES string of the molecule is COC(=O)C=Cc1ccc(O)c(Cl)c1Cl. The zero-order valence-electron chi connectivity index (χ0n) is 7.83. The molecule has 1 rings (SSSR count). The molecule has 5 heteroatoms. The second-order valence-corrected chi connectivity index (χ2v) is 3.41. The van der Waals surface area contributed by atoms with Crippen molar-refractivity contribution in [2.75, 3.05) is 7.11 Å². The Morgan fingerprint density at radius 2 is 2.07 bits per heavy atom. The Morgan fingerprint density at radius 1 is 1.40 bits per heavy atom. The molecule has 0 aliphatic heterocycles. The Bertz CT molecular complexity index is 413. The van der Waals surface area contributed by atoms with Gasteiger partial charge in [0.1, 0.15) is 10.8 Å². The minimum Gasteiger partial charge on any atom is -0.506 e. The molecule has 0 aromatic heterocycles. The van der Waals surface area contributed by atoms with Gasteiger partial charge in [0, 0.05) is 6.08 Å². The van der Waals surface area contributed by atoms with E-state index in [4.69, 9.17) is 23.2 Å². The number of carbonyl (C=O) groups excluding carboxylic acids is 1. The van der Waals surface area contributed by atoms with E-state index in [2.05, 4.69) is 4.74 Å². The number of carbonyl (C=O) groups is 1. The fourth-order valence-corrected chi connectivity index (χ4v) is 1.30. The van der Waals surface area contributed by atoms with Gasteiger partial charge in [0.05, 0.1) is 12.1 Å². The topological polar surface area (TPSA) is 46.5 Å². The molecule has 1 aromatic carbocycles. The third-order valence-electron chi connectivity index (χ3n) is 1.69. The summed E-state index contributed by atoms with van der Waals surface area (Å²) in [5.41, 5.74) is 0.532. The summed E-state index contributed by atoms with van der Waals surface area (Å²) in [6.07, 6.45) is 2.67. The Kier molecular flexibility index (Phi) is 4.00. The zero-order valence-corrected chi connectivity index (χ0v) is 9.34. The van der Waals surface area contributed by atoms with Crippen LogP contribution >= 0.6 is 23.2 Å². The molecule has 0 heterocycles. The van der Waals surface area contributed by atoms with Gasteiger partial charge in [-0.3, -0.25) is 0 Å². The number of benzene rings is 1. The Morgan fingerprint density at radius 3 is 2.67 bits per heavy atom. The third kappa shape index (κ3) is 2.88. The summed E-state index contributed by atoms with van der Waals surface area (Å²) < 4.78 is 4.41. The molecular weight excluding hydrogens is 239 g/mol. The molecule has 1 N–H and O–H groups in total. The van der Waals surface area contributed by atoms with E-state index >= 15 is 0 Å². The molecule has 0 unspecified atom stereocenters. The van der Waals surface area contributed by atoms with Crippen LogP contribution in [0, 0.1) is 0 Å². The van der Waals surface area contributed by atoms with E-state index in [1.54, 1.807) is 6.07 Å². The number of phenolic OH excluding ortho intramolecular Hbond substituents is 1. The maximum atomic E-state index is 10.8. The molecule has 0 bridgehead atoms. The number of rotatable bonds is 2. The van der Waals surface area contributed by atoms with Crippen molar-refractivity contribution >= 4 is 35.2 Å². The van der Waals surface area contributed by atoms with Crippen molar-refractivity contribution in [1.82, 2.24) is 0 Å². The molecule has 0 atom stereocenters. The van der Waals surface area contributed by atoms with Crippen molar-refractivity contribution < 1.29 is 14.6 Å². The zero-order chi connectivity index (χ0) is 11.4. The molecule has 0 saturated heterocycles. The second kappa shape index (κ2) is 5.05. The van der Waals surface area contributed by atoms with Gasteiger partial charge in [-0.2, -0.15) is 0 Å². The third-order valence-corrected chi connectivity index (χ3v) is 2.58. The summed E-state index contributed by atoms with van der Waals surface area (Å²) in [5.74, 6) is -0.591. The molecule has 0 fully saturated rings. The number of hydrogen-bond donors (Lipinski definition) is 1. The van der Waals surface area contributed by atoms with E-state index in [0.717, 1.165) is 0 Å². The summed E-state index contributed by atoms with van der Waals surface area (Å²) in [7, 11) is 1.28. The van der Waals surface area contributed by atoms with Gasteiger partial charge in [-0.05, 0) is 23.8 Å². The summed E-state index contributed by atoms with van der Waals surface area (Å²) in [6.45, 7) is 0. The van der Waals surface area contributed by atoms with Crippen molar-refractivity contribution in [3.63, 3.8) is 0 Å². The minimum atomic E-state index is -0.490. The smallest absolute Gasteiger partial charge is 0.330 e. The largest absolute Gasteiger partial charge is 0.506 e. The van der Waals surface area contributed by atoms with Gasteiger partial charge in [-0.1, -0.05) is 23.2 Å². The number of esters is 1. The van der Waals surface area contributed by atoms with Crippen LogP contribution in [-0.4, -0.2) is 18.2 Å². The lowest BCUT2D eigenvalue weighted by Gasteiger charge is -2.02. The van der Waals surface area contributed by atoms with Gasteiger partial charge >= 0.3 is 5.97 Å². The first-order valence-corrected chi connectivity index (χ1v) is 4.75. The summed E-state index contributed by atoms with van der Waals surface area (Å²) in [6, 6.07) is 2.94. The van der Waals surface area contributed by atoms with Gasteiger partial charge in [-0.15, -0.1) is 0 Å². The number of methoxy groups -OCH3 is 1. The van der Waals surface area contributed by atoms with Crippen molar-refractivity contribution in [1.29, 1.82) is 0 Å². The maximum Gasteiger partial charge on any atom is 0.330 e. The fraction of sp³-hybridized carbons (Fsp3) is 0.100. The monoisotopic (exact) mass is 246 g/mol. The van der Waals surface area contributed by atoms with Crippen LogP contribution in [0.15, 0.2) is 18.2 Å². The first-order valence-electron chi connectivity index (χ1n) is 3.99. The molecule has 15 heavy (non-hydrogen) atoms. The summed E-state index contributed by atoms with van der Waals surface area (Å²) in [5, 5.41) is 9.47. The van der Waals surface area contributed by atoms with Crippen LogP contribution in [0.2, 0.25) is 10.0 Å². The molecule has 0 saturated carbocycles. The van der Waals surface area contributed by atoms with E-state index in [-0.39, 0.29) is 15.8 Å². The molecule has 0 aliphatic carbocycles. The number of halogens is 2. The van der Waals surface area contributed by atoms with Gasteiger partial charge in [0.15, 0.2) is 0 Å². The lowest BCUT2D eigenvalue weighted by molar-refractivity contribution is -0.134. The van der Waals surface area contributed by atoms with E-state index in [0.29, 0.717) is 5.56 Å². The highest BCUT2D eigenvalue weighted by atomic mass is 35.5. The van der Waals surface area contributed by atoms with Gasteiger partial charge < -0.3 is 9.84 Å². The molecule has 0 spiro atoms. The highest BCUT2D eigenvalue weighted by Crippen LogP contribution is 2.34. The number of phenols is 1. The summed E-state index contributed by atoms with van der Waals surface area (Å²) >= 11 is 11.5. The first kappa shape index (κ1) is 11.9. The van der Waals surface area contributed by atoms with E-state index in [1.807, 2.05) is 0 Å². The molecule has 3 nitrogen and oxygen atoms in total. The first-order chi connectivity index (χ1) is 7.06. The summed E-state index contributed by atoms with van der Waals surface area (Å²) in [4.78, 5) is 10.8. The van der Waals surface area contributed by atoms with Gasteiger partial charge in [0.2, 0.25) is 0 Å². The van der Waals surface area contributed by atoms with E-state index in [1.165, 1.54) is 25.3 Å². The average molecular weight is 247 g/mol. The van der Waals surface area contributed by atoms with E-state index < -0.39 is 5.97 Å². The molecule has 0 amide bonds. The Balaban J connectivity index is 3.02. The van der Waals surface area contributed by atoms with Crippen molar-refractivity contribution in [3.8, 4) is 5.75 Å². The van der Waals surface area contributed by atoms with Gasteiger partial charge in [0.25, 0.3) is 0 Å². The molecule has 0 radical (unpaired) electrons. The van der Waals surface area contributed by atoms with Crippen molar-refractivity contribution in [2.24, 2.45) is 0 Å². The molecule has 0 aliphatic rings. The van der Waals surface area contributed by atoms with Crippen LogP contribution in [-0.2, 0) is 9.53 Å². The number of ether oxygens (including phenoxy) is 1. The van der Waals surface area contributed by atoms with E-state index in [9.17, 15) is 9.90 Å². The lowest BCUT2D eigenvalue weighted by Crippen LogP contribution is -1.93. The van der Waals surface area contributed by atoms with Crippen LogP contribution in [0.5, 0.6) is 5.75 Å². The van der Waals surface area contributed by atoms with Crippen LogP contribution < -0.4 is 0 Å². The minimum absolute atomic E-state index is 0.0590. The quantitative estimate of drug-likeness (QED) is 0.645.